The predicted octanol–water partition coefficient (Wildman–Crippen LogP) is 9.81. The zero-order chi connectivity index (χ0) is 24.5. The largest absolute Gasteiger partial charge is 0.247 e. The molecule has 0 fully saturated rings. The van der Waals surface area contributed by atoms with Gasteiger partial charge in [0, 0.05) is 21.7 Å². The highest BCUT2D eigenvalue weighted by molar-refractivity contribution is 6.35. The molecule has 1 aromatic heterocycles. The molecule has 8 rings (SSSR count). The first-order valence-electron chi connectivity index (χ1n) is 12.5. The molecule has 1 heterocycles. The van der Waals surface area contributed by atoms with E-state index in [1.807, 2.05) is 12.1 Å². The third-order valence-electron chi connectivity index (χ3n) is 7.65. The lowest BCUT2D eigenvalue weighted by molar-refractivity contribution is 0.628. The van der Waals surface area contributed by atoms with E-state index in [0.29, 0.717) is 0 Å². The van der Waals surface area contributed by atoms with E-state index >= 15 is 0 Å². The molecule has 0 aliphatic rings. The molecule has 0 N–H and O–H groups in total. The van der Waals surface area contributed by atoms with Crippen LogP contribution in [0, 0.1) is 5.82 Å². The first kappa shape index (κ1) is 20.4. The Morgan fingerprint density at radius 2 is 0.946 bits per heavy atom. The van der Waals surface area contributed by atoms with Gasteiger partial charge < -0.3 is 0 Å². The van der Waals surface area contributed by atoms with Crippen LogP contribution in [0.4, 0.5) is 4.39 Å². The normalized spacial score (nSPS) is 11.9. The second-order valence-corrected chi connectivity index (χ2v) is 9.68. The standard InChI is InChI=1S/C35H20FN/c36-26-17-13-25(14-18-26)35-29-19-15-23-11-9-21-5-1-3-7-27(21)31(23)33(29)34-30(37-35)20-16-24-12-10-22-6-2-4-8-28(22)32(24)34/h1-20H. The Morgan fingerprint density at radius 3 is 1.62 bits per heavy atom. The van der Waals surface area contributed by atoms with E-state index in [2.05, 4.69) is 97.1 Å². The van der Waals surface area contributed by atoms with Crippen molar-refractivity contribution in [2.24, 2.45) is 0 Å². The van der Waals surface area contributed by atoms with E-state index in [1.54, 1.807) is 0 Å². The van der Waals surface area contributed by atoms with E-state index in [9.17, 15) is 4.39 Å². The monoisotopic (exact) mass is 473 g/mol. The number of halogens is 1. The minimum Gasteiger partial charge on any atom is -0.247 e. The second-order valence-electron chi connectivity index (χ2n) is 9.68. The molecule has 1 nitrogen and oxygen atoms in total. The van der Waals surface area contributed by atoms with E-state index in [4.69, 9.17) is 4.98 Å². The third kappa shape index (κ3) is 2.93. The molecule has 0 amide bonds. The first-order valence-corrected chi connectivity index (χ1v) is 12.5. The van der Waals surface area contributed by atoms with E-state index < -0.39 is 0 Å². The van der Waals surface area contributed by atoms with Gasteiger partial charge in [0.1, 0.15) is 5.82 Å². The Hall–Kier alpha value is -4.82. The van der Waals surface area contributed by atoms with Crippen molar-refractivity contribution in [3.8, 4) is 11.3 Å². The molecule has 0 radical (unpaired) electrons. The van der Waals surface area contributed by atoms with Gasteiger partial charge in [0.05, 0.1) is 11.2 Å². The number of aromatic nitrogens is 1. The first-order chi connectivity index (χ1) is 18.3. The third-order valence-corrected chi connectivity index (χ3v) is 7.65. The summed E-state index contributed by atoms with van der Waals surface area (Å²) in [6.45, 7) is 0. The van der Waals surface area contributed by atoms with Crippen LogP contribution >= 0.6 is 0 Å². The molecular formula is C35H20FN. The molecule has 0 spiro atoms. The van der Waals surface area contributed by atoms with Gasteiger partial charge in [0.15, 0.2) is 0 Å². The van der Waals surface area contributed by atoms with Crippen LogP contribution in [0.3, 0.4) is 0 Å². The van der Waals surface area contributed by atoms with Crippen LogP contribution in [-0.4, -0.2) is 4.98 Å². The van der Waals surface area contributed by atoms with E-state index in [-0.39, 0.29) is 5.82 Å². The summed E-state index contributed by atoms with van der Waals surface area (Å²) in [5, 5.41) is 13.1. The molecule has 0 bridgehead atoms. The minimum absolute atomic E-state index is 0.247. The Balaban J connectivity index is 1.72. The lowest BCUT2D eigenvalue weighted by atomic mass is 9.89. The molecule has 37 heavy (non-hydrogen) atoms. The number of rotatable bonds is 1. The average Bonchev–Trinajstić information content (AvgIpc) is 2.96. The molecule has 0 aliphatic carbocycles. The van der Waals surface area contributed by atoms with Gasteiger partial charge in [-0.2, -0.15) is 0 Å². The maximum Gasteiger partial charge on any atom is 0.123 e. The molecule has 0 atom stereocenters. The summed E-state index contributed by atoms with van der Waals surface area (Å²) in [5.41, 5.74) is 2.72. The second kappa shape index (κ2) is 7.59. The van der Waals surface area contributed by atoms with Crippen molar-refractivity contribution in [1.29, 1.82) is 0 Å². The zero-order valence-electron chi connectivity index (χ0n) is 19.9. The van der Waals surface area contributed by atoms with Crippen molar-refractivity contribution in [3.63, 3.8) is 0 Å². The summed E-state index contributed by atoms with van der Waals surface area (Å²) in [4.78, 5) is 5.22. The van der Waals surface area contributed by atoms with Crippen LogP contribution in [0.5, 0.6) is 0 Å². The molecule has 2 heteroatoms. The number of hydrogen-bond acceptors (Lipinski definition) is 1. The van der Waals surface area contributed by atoms with E-state index in [1.165, 1.54) is 60.6 Å². The fourth-order valence-electron chi connectivity index (χ4n) is 6.00. The molecule has 0 saturated heterocycles. The van der Waals surface area contributed by atoms with Crippen LogP contribution in [-0.2, 0) is 0 Å². The fourth-order valence-corrected chi connectivity index (χ4v) is 6.00. The molecule has 8 aromatic rings. The van der Waals surface area contributed by atoms with Gasteiger partial charge in [0.25, 0.3) is 0 Å². The van der Waals surface area contributed by atoms with Crippen molar-refractivity contribution in [2.75, 3.05) is 0 Å². The minimum atomic E-state index is -0.247. The van der Waals surface area contributed by atoms with Crippen LogP contribution < -0.4 is 0 Å². The SMILES string of the molecule is Fc1ccc(-c2nc3ccc4ccc5ccccc5c4c3c3c2ccc2ccc4ccccc4c23)cc1. The highest BCUT2D eigenvalue weighted by Crippen LogP contribution is 2.43. The number of hydrogen-bond donors (Lipinski definition) is 0. The van der Waals surface area contributed by atoms with Gasteiger partial charge in [-0.15, -0.1) is 0 Å². The Kier molecular flexibility index (Phi) is 4.18. The van der Waals surface area contributed by atoms with Crippen molar-refractivity contribution in [1.82, 2.24) is 4.98 Å². The van der Waals surface area contributed by atoms with Gasteiger partial charge >= 0.3 is 0 Å². The number of benzene rings is 7. The molecule has 172 valence electrons. The highest BCUT2D eigenvalue weighted by atomic mass is 19.1. The molecule has 0 aliphatic heterocycles. The van der Waals surface area contributed by atoms with Crippen LogP contribution in [0.25, 0.3) is 76.0 Å². The van der Waals surface area contributed by atoms with E-state index in [0.717, 1.165) is 27.5 Å². The molecule has 0 saturated carbocycles. The van der Waals surface area contributed by atoms with Crippen molar-refractivity contribution < 1.29 is 4.39 Å². The molecule has 7 aromatic carbocycles. The van der Waals surface area contributed by atoms with Gasteiger partial charge in [-0.05, 0) is 73.4 Å². The van der Waals surface area contributed by atoms with Crippen LogP contribution in [0.1, 0.15) is 0 Å². The maximum atomic E-state index is 13.9. The lowest BCUT2D eigenvalue weighted by Crippen LogP contribution is -1.93. The summed E-state index contributed by atoms with van der Waals surface area (Å²) in [7, 11) is 0. The fraction of sp³-hybridized carbons (Fsp3) is 0. The van der Waals surface area contributed by atoms with Crippen molar-refractivity contribution in [3.05, 3.63) is 127 Å². The van der Waals surface area contributed by atoms with Crippen molar-refractivity contribution >= 4 is 64.8 Å². The summed E-state index contributed by atoms with van der Waals surface area (Å²) in [5.74, 6) is -0.247. The Labute approximate surface area is 212 Å². The van der Waals surface area contributed by atoms with Crippen LogP contribution in [0.15, 0.2) is 121 Å². The summed E-state index contributed by atoms with van der Waals surface area (Å²) < 4.78 is 13.9. The summed E-state index contributed by atoms with van der Waals surface area (Å²) in [6, 6.07) is 41.3. The smallest absolute Gasteiger partial charge is 0.123 e. The maximum absolute atomic E-state index is 13.9. The highest BCUT2D eigenvalue weighted by Gasteiger charge is 2.17. The van der Waals surface area contributed by atoms with Gasteiger partial charge in [-0.1, -0.05) is 91.0 Å². The lowest BCUT2D eigenvalue weighted by Gasteiger charge is -2.16. The number of nitrogens with zero attached hydrogens (tertiary/aromatic N) is 1. The van der Waals surface area contributed by atoms with Gasteiger partial charge in [-0.25, -0.2) is 9.37 Å². The molecule has 0 unspecified atom stereocenters. The van der Waals surface area contributed by atoms with Crippen LogP contribution in [0.2, 0.25) is 0 Å². The quantitative estimate of drug-likeness (QED) is 0.216. The average molecular weight is 474 g/mol. The predicted molar refractivity (Wildman–Crippen MR) is 155 cm³/mol. The number of pyridine rings is 1. The Bertz CT molecular complexity index is 2190. The van der Waals surface area contributed by atoms with Gasteiger partial charge in [-0.3, -0.25) is 0 Å². The van der Waals surface area contributed by atoms with Gasteiger partial charge in [0.2, 0.25) is 0 Å². The summed E-state index contributed by atoms with van der Waals surface area (Å²) in [6.07, 6.45) is 0. The summed E-state index contributed by atoms with van der Waals surface area (Å²) >= 11 is 0. The number of fused-ring (bicyclic) bond motifs is 11. The molecular weight excluding hydrogens is 453 g/mol. The Morgan fingerprint density at radius 1 is 0.405 bits per heavy atom. The van der Waals surface area contributed by atoms with Crippen molar-refractivity contribution in [2.45, 2.75) is 0 Å². The zero-order valence-corrected chi connectivity index (χ0v) is 19.9. The topological polar surface area (TPSA) is 12.9 Å².